The number of carbonyl (C=O) groups excluding carboxylic acids is 1. The first-order chi connectivity index (χ1) is 15.4. The van der Waals surface area contributed by atoms with Gasteiger partial charge in [-0.3, -0.25) is 4.79 Å². The maximum Gasteiger partial charge on any atom is 0.255 e. The molecule has 3 rings (SSSR count). The van der Waals surface area contributed by atoms with E-state index in [1.54, 1.807) is 17.8 Å². The Labute approximate surface area is 199 Å². The summed E-state index contributed by atoms with van der Waals surface area (Å²) in [5.74, 6) is 1.55. The zero-order valence-electron chi connectivity index (χ0n) is 18.2. The van der Waals surface area contributed by atoms with Gasteiger partial charge in [0.1, 0.15) is 5.75 Å². The van der Waals surface area contributed by atoms with Gasteiger partial charge >= 0.3 is 0 Å². The Hall–Kier alpha value is -1.74. The SMILES string of the molecule is COc1ccc(S(=O)(=O)N2CCCCCC2)cc1C(=O)NCCSCc1ccc(Cl)cc1. The fourth-order valence-electron chi connectivity index (χ4n) is 3.56. The molecular weight excluding hydrogens is 468 g/mol. The van der Waals surface area contributed by atoms with Crippen molar-refractivity contribution in [1.29, 1.82) is 0 Å². The van der Waals surface area contributed by atoms with Crippen LogP contribution in [0.4, 0.5) is 0 Å². The molecule has 1 saturated heterocycles. The van der Waals surface area contributed by atoms with E-state index < -0.39 is 10.0 Å². The highest BCUT2D eigenvalue weighted by molar-refractivity contribution is 7.98. The molecule has 1 N–H and O–H groups in total. The van der Waals surface area contributed by atoms with Crippen molar-refractivity contribution < 1.29 is 17.9 Å². The van der Waals surface area contributed by atoms with Crippen molar-refractivity contribution in [1.82, 2.24) is 9.62 Å². The third kappa shape index (κ3) is 6.63. The fourth-order valence-corrected chi connectivity index (χ4v) is 6.05. The standard InChI is InChI=1S/C23H29ClN2O4S2/c1-30-22-11-10-20(32(28,29)26-13-4-2-3-5-14-26)16-21(22)23(27)25-12-15-31-17-18-6-8-19(24)9-7-18/h6-11,16H,2-5,12-15,17H2,1H3,(H,25,27). The summed E-state index contributed by atoms with van der Waals surface area (Å²) in [5.41, 5.74) is 1.39. The Morgan fingerprint density at radius 2 is 1.78 bits per heavy atom. The lowest BCUT2D eigenvalue weighted by Gasteiger charge is -2.20. The second-order valence-corrected chi connectivity index (χ2v) is 11.1. The van der Waals surface area contributed by atoms with Gasteiger partial charge in [-0.05, 0) is 48.7 Å². The molecule has 0 aliphatic carbocycles. The Morgan fingerprint density at radius 3 is 2.44 bits per heavy atom. The number of sulfonamides is 1. The van der Waals surface area contributed by atoms with Crippen LogP contribution in [0.2, 0.25) is 5.02 Å². The number of methoxy groups -OCH3 is 1. The minimum Gasteiger partial charge on any atom is -0.496 e. The Kier molecular flexibility index (Phi) is 9.28. The highest BCUT2D eigenvalue weighted by Crippen LogP contribution is 2.26. The molecule has 2 aromatic carbocycles. The van der Waals surface area contributed by atoms with Gasteiger partial charge in [0.05, 0.1) is 17.6 Å². The summed E-state index contributed by atoms with van der Waals surface area (Å²) >= 11 is 7.59. The minimum absolute atomic E-state index is 0.127. The zero-order valence-corrected chi connectivity index (χ0v) is 20.6. The van der Waals surface area contributed by atoms with Crippen LogP contribution in [-0.2, 0) is 15.8 Å². The molecule has 0 aromatic heterocycles. The summed E-state index contributed by atoms with van der Waals surface area (Å²) in [4.78, 5) is 12.9. The van der Waals surface area contributed by atoms with E-state index in [9.17, 15) is 13.2 Å². The predicted octanol–water partition coefficient (Wildman–Crippen LogP) is 4.58. The van der Waals surface area contributed by atoms with Crippen LogP contribution in [0.3, 0.4) is 0 Å². The molecular formula is C23H29ClN2O4S2. The molecule has 1 amide bonds. The van der Waals surface area contributed by atoms with E-state index in [-0.39, 0.29) is 16.4 Å². The van der Waals surface area contributed by atoms with Crippen molar-refractivity contribution in [3.05, 3.63) is 58.6 Å². The van der Waals surface area contributed by atoms with E-state index in [1.807, 2.05) is 24.3 Å². The van der Waals surface area contributed by atoms with Crippen LogP contribution in [0.1, 0.15) is 41.6 Å². The maximum absolute atomic E-state index is 13.1. The summed E-state index contributed by atoms with van der Waals surface area (Å²) in [5, 5.41) is 3.58. The number of hydrogen-bond acceptors (Lipinski definition) is 5. The van der Waals surface area contributed by atoms with E-state index >= 15 is 0 Å². The van der Waals surface area contributed by atoms with Crippen molar-refractivity contribution in [3.8, 4) is 5.75 Å². The van der Waals surface area contributed by atoms with Crippen molar-refractivity contribution in [2.45, 2.75) is 36.3 Å². The van der Waals surface area contributed by atoms with Crippen LogP contribution in [0, 0.1) is 0 Å². The Balaban J connectivity index is 1.61. The molecule has 0 spiro atoms. The van der Waals surface area contributed by atoms with Gasteiger partial charge < -0.3 is 10.1 Å². The van der Waals surface area contributed by atoms with Gasteiger partial charge in [0, 0.05) is 36.2 Å². The second kappa shape index (κ2) is 11.9. The topological polar surface area (TPSA) is 75.7 Å². The summed E-state index contributed by atoms with van der Waals surface area (Å²) in [6.45, 7) is 1.49. The van der Waals surface area contributed by atoms with E-state index in [0.717, 1.165) is 37.2 Å². The molecule has 9 heteroatoms. The van der Waals surface area contributed by atoms with Gasteiger partial charge in [-0.2, -0.15) is 16.1 Å². The highest BCUT2D eigenvalue weighted by Gasteiger charge is 2.27. The van der Waals surface area contributed by atoms with Gasteiger partial charge in [0.15, 0.2) is 0 Å². The molecule has 1 heterocycles. The molecule has 6 nitrogen and oxygen atoms in total. The first-order valence-corrected chi connectivity index (χ1v) is 13.7. The molecule has 0 unspecified atom stereocenters. The maximum atomic E-state index is 13.1. The quantitative estimate of drug-likeness (QED) is 0.514. The number of ether oxygens (including phenoxy) is 1. The summed E-state index contributed by atoms with van der Waals surface area (Å²) in [6, 6.07) is 12.2. The molecule has 32 heavy (non-hydrogen) atoms. The van der Waals surface area contributed by atoms with Gasteiger partial charge in [-0.15, -0.1) is 0 Å². The average Bonchev–Trinajstić information content (AvgIpc) is 3.10. The van der Waals surface area contributed by atoms with E-state index in [2.05, 4.69) is 5.32 Å². The Bertz CT molecular complexity index is 1010. The lowest BCUT2D eigenvalue weighted by Crippen LogP contribution is -2.32. The minimum atomic E-state index is -3.64. The van der Waals surface area contributed by atoms with Gasteiger partial charge in [0.2, 0.25) is 10.0 Å². The number of amides is 1. The van der Waals surface area contributed by atoms with Gasteiger partial charge in [-0.1, -0.05) is 36.6 Å². The van der Waals surface area contributed by atoms with Crippen LogP contribution in [0.25, 0.3) is 0 Å². The molecule has 1 aliphatic heterocycles. The number of nitrogens with one attached hydrogen (secondary N) is 1. The molecule has 0 saturated carbocycles. The van der Waals surface area contributed by atoms with Crippen LogP contribution >= 0.6 is 23.4 Å². The van der Waals surface area contributed by atoms with Crippen molar-refractivity contribution in [2.75, 3.05) is 32.5 Å². The number of benzene rings is 2. The number of rotatable bonds is 9. The van der Waals surface area contributed by atoms with E-state index in [4.69, 9.17) is 16.3 Å². The van der Waals surface area contributed by atoms with Crippen molar-refractivity contribution in [3.63, 3.8) is 0 Å². The first-order valence-electron chi connectivity index (χ1n) is 10.7. The van der Waals surface area contributed by atoms with Crippen molar-refractivity contribution >= 4 is 39.3 Å². The number of nitrogens with zero attached hydrogens (tertiary/aromatic N) is 1. The molecule has 1 fully saturated rings. The normalized spacial score (nSPS) is 15.2. The van der Waals surface area contributed by atoms with E-state index in [0.29, 0.717) is 30.4 Å². The third-order valence-corrected chi connectivity index (χ3v) is 8.51. The predicted molar refractivity (Wildman–Crippen MR) is 130 cm³/mol. The summed E-state index contributed by atoms with van der Waals surface area (Å²) in [7, 11) is -2.18. The Morgan fingerprint density at radius 1 is 1.09 bits per heavy atom. The average molecular weight is 497 g/mol. The lowest BCUT2D eigenvalue weighted by atomic mass is 10.2. The molecule has 0 bridgehead atoms. The van der Waals surface area contributed by atoms with Crippen LogP contribution in [-0.4, -0.2) is 51.1 Å². The third-order valence-electron chi connectivity index (χ3n) is 5.33. The van der Waals surface area contributed by atoms with Gasteiger partial charge in [0.25, 0.3) is 5.91 Å². The summed E-state index contributed by atoms with van der Waals surface area (Å²) in [6.07, 6.45) is 3.80. The molecule has 0 atom stereocenters. The molecule has 2 aromatic rings. The largest absolute Gasteiger partial charge is 0.496 e. The molecule has 174 valence electrons. The lowest BCUT2D eigenvalue weighted by molar-refractivity contribution is 0.0953. The number of hydrogen-bond donors (Lipinski definition) is 1. The van der Waals surface area contributed by atoms with Crippen LogP contribution in [0.5, 0.6) is 5.75 Å². The smallest absolute Gasteiger partial charge is 0.255 e. The van der Waals surface area contributed by atoms with E-state index in [1.165, 1.54) is 29.1 Å². The molecule has 1 aliphatic rings. The van der Waals surface area contributed by atoms with Crippen LogP contribution < -0.4 is 10.1 Å². The molecule has 0 radical (unpaired) electrons. The number of halogens is 1. The second-order valence-electron chi connectivity index (χ2n) is 7.62. The fraction of sp³-hybridized carbons (Fsp3) is 0.435. The highest BCUT2D eigenvalue weighted by atomic mass is 35.5. The first kappa shape index (κ1) is 24.9. The summed E-state index contributed by atoms with van der Waals surface area (Å²) < 4.78 is 33.1. The number of carbonyl (C=O) groups is 1. The monoisotopic (exact) mass is 496 g/mol. The van der Waals surface area contributed by atoms with Crippen LogP contribution in [0.15, 0.2) is 47.4 Å². The zero-order chi connectivity index (χ0) is 23.0. The van der Waals surface area contributed by atoms with Gasteiger partial charge in [-0.25, -0.2) is 8.42 Å². The number of thioether (sulfide) groups is 1. The van der Waals surface area contributed by atoms with Crippen molar-refractivity contribution in [2.24, 2.45) is 0 Å².